The molecule has 1 atom stereocenters. The minimum Gasteiger partial charge on any atom is -0.490 e. The van der Waals surface area contributed by atoms with E-state index in [9.17, 15) is 4.79 Å². The fourth-order valence-corrected chi connectivity index (χ4v) is 2.92. The van der Waals surface area contributed by atoms with Gasteiger partial charge >= 0.3 is 0 Å². The topological polar surface area (TPSA) is 78.3 Å². The molecule has 0 spiro atoms. The van der Waals surface area contributed by atoms with Crippen LogP contribution in [0.5, 0.6) is 11.5 Å². The predicted octanol–water partition coefficient (Wildman–Crippen LogP) is 4.34. The first kappa shape index (κ1) is 21.4. The fraction of sp³-hybridized carbons (Fsp3) is 0.348. The van der Waals surface area contributed by atoms with Gasteiger partial charge in [-0.15, -0.1) is 0 Å². The van der Waals surface area contributed by atoms with Crippen LogP contribution >= 0.6 is 0 Å². The van der Waals surface area contributed by atoms with Gasteiger partial charge in [-0.1, -0.05) is 19.9 Å². The highest BCUT2D eigenvalue weighted by atomic mass is 16.5. The number of hydrogen-bond donors (Lipinski definition) is 1. The van der Waals surface area contributed by atoms with Crippen molar-refractivity contribution >= 4 is 5.91 Å². The smallest absolute Gasteiger partial charge is 0.251 e. The monoisotopic (exact) mass is 408 g/mol. The van der Waals surface area contributed by atoms with Crippen molar-refractivity contribution < 1.29 is 14.3 Å². The number of hydrogen-bond acceptors (Lipinski definition) is 5. The van der Waals surface area contributed by atoms with Gasteiger partial charge in [-0.05, 0) is 61.7 Å². The third kappa shape index (κ3) is 5.37. The van der Waals surface area contributed by atoms with Gasteiger partial charge < -0.3 is 14.8 Å². The number of rotatable bonds is 10. The van der Waals surface area contributed by atoms with Crippen LogP contribution in [-0.4, -0.2) is 33.9 Å². The summed E-state index contributed by atoms with van der Waals surface area (Å²) < 4.78 is 13.3. The molecule has 7 heteroatoms. The Morgan fingerprint density at radius 3 is 2.37 bits per heavy atom. The van der Waals surface area contributed by atoms with Crippen molar-refractivity contribution in [3.63, 3.8) is 0 Å². The summed E-state index contributed by atoms with van der Waals surface area (Å²) in [5, 5.41) is 7.13. The molecule has 2 aromatic carbocycles. The lowest BCUT2D eigenvalue weighted by atomic mass is 10.1. The van der Waals surface area contributed by atoms with E-state index >= 15 is 0 Å². The molecule has 0 bridgehead atoms. The third-order valence-corrected chi connectivity index (χ3v) is 4.55. The van der Waals surface area contributed by atoms with E-state index in [-0.39, 0.29) is 11.9 Å². The van der Waals surface area contributed by atoms with Crippen LogP contribution in [0.2, 0.25) is 0 Å². The highest BCUT2D eigenvalue weighted by Gasteiger charge is 2.15. The second kappa shape index (κ2) is 10.4. The van der Waals surface area contributed by atoms with Crippen molar-refractivity contribution in [2.24, 2.45) is 0 Å². The first-order valence-electron chi connectivity index (χ1n) is 10.3. The van der Waals surface area contributed by atoms with Crippen LogP contribution in [-0.2, 0) is 0 Å². The summed E-state index contributed by atoms with van der Waals surface area (Å²) >= 11 is 0. The number of carbonyl (C=O) groups excluding carboxylic acids is 1. The lowest BCUT2D eigenvalue weighted by Gasteiger charge is -2.18. The first-order chi connectivity index (χ1) is 14.6. The molecular weight excluding hydrogens is 380 g/mol. The zero-order valence-electron chi connectivity index (χ0n) is 17.7. The van der Waals surface area contributed by atoms with E-state index in [2.05, 4.69) is 29.2 Å². The zero-order chi connectivity index (χ0) is 21.3. The minimum absolute atomic E-state index is 0.144. The number of nitrogens with one attached hydrogen (secondary N) is 1. The van der Waals surface area contributed by atoms with Crippen LogP contribution in [0.3, 0.4) is 0 Å². The van der Waals surface area contributed by atoms with E-state index < -0.39 is 0 Å². The Morgan fingerprint density at radius 1 is 1.03 bits per heavy atom. The molecule has 0 saturated heterocycles. The molecule has 1 amide bonds. The maximum Gasteiger partial charge on any atom is 0.251 e. The molecule has 7 nitrogen and oxygen atoms in total. The van der Waals surface area contributed by atoms with Crippen LogP contribution < -0.4 is 14.8 Å². The quantitative estimate of drug-likeness (QED) is 0.540. The van der Waals surface area contributed by atoms with E-state index in [0.717, 1.165) is 29.8 Å². The first-order valence-corrected chi connectivity index (χ1v) is 10.3. The Kier molecular flexibility index (Phi) is 7.43. The minimum atomic E-state index is -0.184. The molecule has 3 aromatic rings. The van der Waals surface area contributed by atoms with Gasteiger partial charge in [0.15, 0.2) is 11.5 Å². The maximum atomic E-state index is 12.7. The average molecular weight is 409 g/mol. The van der Waals surface area contributed by atoms with E-state index in [4.69, 9.17) is 9.47 Å². The van der Waals surface area contributed by atoms with Crippen molar-refractivity contribution in [2.75, 3.05) is 13.2 Å². The molecule has 3 rings (SSSR count). The maximum absolute atomic E-state index is 12.7. The highest BCUT2D eigenvalue weighted by molar-refractivity contribution is 5.94. The summed E-state index contributed by atoms with van der Waals surface area (Å²) in [5.74, 6) is 1.30. The number of nitrogens with zero attached hydrogens (tertiary/aromatic N) is 3. The van der Waals surface area contributed by atoms with Crippen molar-refractivity contribution in [3.8, 4) is 17.2 Å². The number of aromatic nitrogens is 3. The van der Waals surface area contributed by atoms with Crippen LogP contribution in [0.15, 0.2) is 55.1 Å². The molecule has 0 saturated carbocycles. The molecule has 30 heavy (non-hydrogen) atoms. The molecule has 0 aliphatic carbocycles. The lowest BCUT2D eigenvalue weighted by molar-refractivity contribution is 0.0940. The van der Waals surface area contributed by atoms with E-state index in [1.807, 2.05) is 37.3 Å². The molecular formula is C23H28N4O3. The second-order valence-corrected chi connectivity index (χ2v) is 6.99. The Morgan fingerprint density at radius 2 is 1.73 bits per heavy atom. The Labute approximate surface area is 177 Å². The normalized spacial score (nSPS) is 11.7. The lowest BCUT2D eigenvalue weighted by Crippen LogP contribution is -2.26. The van der Waals surface area contributed by atoms with Crippen LogP contribution in [0.25, 0.3) is 5.69 Å². The number of carbonyl (C=O) groups is 1. The Bertz CT molecular complexity index is 940. The SMILES string of the molecule is CCCOc1ccc(C(C)NC(=O)c2ccc(-n3cncn3)cc2)cc1OCCC. The summed E-state index contributed by atoms with van der Waals surface area (Å²) in [7, 11) is 0. The van der Waals surface area contributed by atoms with Crippen molar-refractivity contribution in [1.29, 1.82) is 0 Å². The molecule has 1 N–H and O–H groups in total. The van der Waals surface area contributed by atoms with Crippen molar-refractivity contribution in [2.45, 2.75) is 39.7 Å². The van der Waals surface area contributed by atoms with Crippen LogP contribution in [0, 0.1) is 0 Å². The number of amides is 1. The highest BCUT2D eigenvalue weighted by Crippen LogP contribution is 2.31. The van der Waals surface area contributed by atoms with Crippen molar-refractivity contribution in [1.82, 2.24) is 20.1 Å². The summed E-state index contributed by atoms with van der Waals surface area (Å²) in [5.41, 5.74) is 2.38. The molecule has 0 radical (unpaired) electrons. The number of benzene rings is 2. The fourth-order valence-electron chi connectivity index (χ4n) is 2.92. The third-order valence-electron chi connectivity index (χ3n) is 4.55. The summed E-state index contributed by atoms with van der Waals surface area (Å²) in [6.07, 6.45) is 4.92. The van der Waals surface area contributed by atoms with Gasteiger partial charge in [0.05, 0.1) is 24.9 Å². The summed E-state index contributed by atoms with van der Waals surface area (Å²) in [6, 6.07) is 12.9. The standard InChI is InChI=1S/C23H28N4O3/c1-4-12-29-21-11-8-19(14-22(21)30-13-5-2)17(3)26-23(28)18-6-9-20(10-7-18)27-16-24-15-25-27/h6-11,14-17H,4-5,12-13H2,1-3H3,(H,26,28). The van der Waals surface area contributed by atoms with E-state index in [0.29, 0.717) is 24.5 Å². The Balaban J connectivity index is 1.69. The molecule has 158 valence electrons. The predicted molar refractivity (Wildman–Crippen MR) is 115 cm³/mol. The molecule has 1 heterocycles. The van der Waals surface area contributed by atoms with E-state index in [1.165, 1.54) is 6.33 Å². The molecule has 1 aromatic heterocycles. The van der Waals surface area contributed by atoms with Gasteiger partial charge in [0.25, 0.3) is 5.91 Å². The van der Waals surface area contributed by atoms with Gasteiger partial charge in [0.2, 0.25) is 0 Å². The van der Waals surface area contributed by atoms with E-state index in [1.54, 1.807) is 23.1 Å². The van der Waals surface area contributed by atoms with Gasteiger partial charge in [-0.2, -0.15) is 5.10 Å². The molecule has 0 fully saturated rings. The second-order valence-electron chi connectivity index (χ2n) is 6.99. The summed E-state index contributed by atoms with van der Waals surface area (Å²) in [4.78, 5) is 16.6. The van der Waals surface area contributed by atoms with Crippen molar-refractivity contribution in [3.05, 3.63) is 66.2 Å². The van der Waals surface area contributed by atoms with Crippen LogP contribution in [0.4, 0.5) is 0 Å². The number of ether oxygens (including phenoxy) is 2. The van der Waals surface area contributed by atoms with Gasteiger partial charge in [-0.3, -0.25) is 4.79 Å². The van der Waals surface area contributed by atoms with Gasteiger partial charge in [-0.25, -0.2) is 9.67 Å². The van der Waals surface area contributed by atoms with Gasteiger partial charge in [0.1, 0.15) is 12.7 Å². The average Bonchev–Trinajstić information content (AvgIpc) is 3.31. The molecule has 0 aliphatic rings. The van der Waals surface area contributed by atoms with Gasteiger partial charge in [0, 0.05) is 5.56 Å². The summed E-state index contributed by atoms with van der Waals surface area (Å²) in [6.45, 7) is 7.33. The molecule has 0 aliphatic heterocycles. The van der Waals surface area contributed by atoms with Crippen LogP contribution in [0.1, 0.15) is 55.6 Å². The zero-order valence-corrected chi connectivity index (χ0v) is 17.7. The largest absolute Gasteiger partial charge is 0.490 e. The molecule has 1 unspecified atom stereocenters. The Hall–Kier alpha value is -3.35.